The summed E-state index contributed by atoms with van der Waals surface area (Å²) in [5, 5.41) is 3.19. The highest BCUT2D eigenvalue weighted by atomic mass is 16.2. The van der Waals surface area contributed by atoms with E-state index in [-0.39, 0.29) is 28.6 Å². The number of hydrogen-bond donors (Lipinski definition) is 1. The molecule has 1 aliphatic heterocycles. The van der Waals surface area contributed by atoms with Gasteiger partial charge in [0.25, 0.3) is 0 Å². The van der Waals surface area contributed by atoms with Gasteiger partial charge in [-0.1, -0.05) is 38.1 Å². The summed E-state index contributed by atoms with van der Waals surface area (Å²) < 4.78 is 0. The smallest absolute Gasteiger partial charge is 0.246 e. The van der Waals surface area contributed by atoms with Gasteiger partial charge in [-0.2, -0.15) is 0 Å². The van der Waals surface area contributed by atoms with Crippen molar-refractivity contribution < 1.29 is 9.59 Å². The van der Waals surface area contributed by atoms with E-state index in [4.69, 9.17) is 0 Å². The minimum Gasteiger partial charge on any atom is -0.336 e. The third-order valence-corrected chi connectivity index (χ3v) is 9.67. The van der Waals surface area contributed by atoms with Crippen LogP contribution in [0.4, 0.5) is 5.69 Å². The van der Waals surface area contributed by atoms with Crippen LogP contribution in [0.5, 0.6) is 0 Å². The van der Waals surface area contributed by atoms with Crippen LogP contribution in [0, 0.1) is 34.5 Å². The standard InChI is InChI=1S/C27H36N2O2/c1-4-29-23-13-10-19-20-11-12-22(25(31)28-18-8-6-5-7-9-18)26(20,2)16-14-21(19)27(23,3)17-15-24(29)30/h5-9,15,17,19-23H,4,10-14,16H2,1-3H3,(H,28,31)/t19-,20-,21-,22+,23+,26-,27+/m0/s1. The zero-order valence-corrected chi connectivity index (χ0v) is 19.1. The van der Waals surface area contributed by atoms with Crippen LogP contribution >= 0.6 is 0 Å². The van der Waals surface area contributed by atoms with E-state index >= 15 is 0 Å². The molecule has 1 aromatic rings. The lowest BCUT2D eigenvalue weighted by atomic mass is 9.47. The molecule has 0 radical (unpaired) electrons. The van der Waals surface area contributed by atoms with E-state index < -0.39 is 0 Å². The van der Waals surface area contributed by atoms with Gasteiger partial charge in [0.15, 0.2) is 0 Å². The fraction of sp³-hybridized carbons (Fsp3) is 0.630. The molecule has 0 unspecified atom stereocenters. The van der Waals surface area contributed by atoms with Crippen molar-refractivity contribution in [2.45, 2.75) is 65.3 Å². The summed E-state index contributed by atoms with van der Waals surface area (Å²) in [7, 11) is 0. The number of anilines is 1. The fourth-order valence-corrected chi connectivity index (χ4v) is 8.16. The maximum atomic E-state index is 13.3. The number of amides is 2. The number of nitrogens with zero attached hydrogens (tertiary/aromatic N) is 1. The minimum absolute atomic E-state index is 0.0680. The fourth-order valence-electron chi connectivity index (χ4n) is 8.16. The molecule has 0 saturated heterocycles. The molecule has 2 amide bonds. The number of para-hydroxylation sites is 1. The zero-order chi connectivity index (χ0) is 21.8. The summed E-state index contributed by atoms with van der Waals surface area (Å²) in [4.78, 5) is 27.9. The Hall–Kier alpha value is -2.10. The van der Waals surface area contributed by atoms with E-state index in [0.717, 1.165) is 44.3 Å². The van der Waals surface area contributed by atoms with Crippen molar-refractivity contribution in [2.24, 2.45) is 34.5 Å². The van der Waals surface area contributed by atoms with Crippen molar-refractivity contribution in [2.75, 3.05) is 11.9 Å². The van der Waals surface area contributed by atoms with Crippen LogP contribution in [0.1, 0.15) is 59.3 Å². The molecule has 4 aliphatic rings. The quantitative estimate of drug-likeness (QED) is 0.724. The second-order valence-electron chi connectivity index (χ2n) is 10.8. The van der Waals surface area contributed by atoms with Gasteiger partial charge in [0.05, 0.1) is 0 Å². The van der Waals surface area contributed by atoms with Crippen molar-refractivity contribution in [3.05, 3.63) is 42.5 Å². The largest absolute Gasteiger partial charge is 0.336 e. The Kier molecular flexibility index (Phi) is 5.02. The van der Waals surface area contributed by atoms with Crippen molar-refractivity contribution in [1.29, 1.82) is 0 Å². The van der Waals surface area contributed by atoms with Crippen LogP contribution in [0.2, 0.25) is 0 Å². The molecule has 7 atom stereocenters. The van der Waals surface area contributed by atoms with Gasteiger partial charge in [0, 0.05) is 29.6 Å². The number of hydrogen-bond acceptors (Lipinski definition) is 2. The monoisotopic (exact) mass is 420 g/mol. The second-order valence-corrected chi connectivity index (χ2v) is 10.8. The number of fused-ring (bicyclic) bond motifs is 5. The topological polar surface area (TPSA) is 49.4 Å². The first kappa shape index (κ1) is 20.8. The van der Waals surface area contributed by atoms with Crippen LogP contribution in [-0.4, -0.2) is 29.3 Å². The SMILES string of the molecule is CCN1C(=O)C=C[C@]2(C)[C@H]3CC[C@]4(C)[C@@H](C(=O)Nc5ccccc5)CC[C@H]4[C@@H]3CC[C@@H]12. The number of nitrogens with one attached hydrogen (secondary N) is 1. The molecule has 5 rings (SSSR count). The Labute approximate surface area is 186 Å². The summed E-state index contributed by atoms with van der Waals surface area (Å²) in [5.41, 5.74) is 1.05. The van der Waals surface area contributed by atoms with Crippen LogP contribution in [-0.2, 0) is 9.59 Å². The predicted molar refractivity (Wildman–Crippen MR) is 123 cm³/mol. The maximum Gasteiger partial charge on any atom is 0.246 e. The Morgan fingerprint density at radius 2 is 1.84 bits per heavy atom. The lowest BCUT2D eigenvalue weighted by Crippen LogP contribution is -2.60. The van der Waals surface area contributed by atoms with Gasteiger partial charge in [-0.15, -0.1) is 0 Å². The Bertz CT molecular complexity index is 896. The number of likely N-dealkylation sites (N-methyl/N-ethyl adjacent to an activating group) is 1. The molecule has 1 N–H and O–H groups in total. The average Bonchev–Trinajstić information content (AvgIpc) is 3.12. The van der Waals surface area contributed by atoms with E-state index in [9.17, 15) is 9.59 Å². The maximum absolute atomic E-state index is 13.3. The molecule has 0 bridgehead atoms. The van der Waals surface area contributed by atoms with Gasteiger partial charge in [-0.05, 0) is 86.8 Å². The highest BCUT2D eigenvalue weighted by molar-refractivity contribution is 5.93. The summed E-state index contributed by atoms with van der Waals surface area (Å²) in [6, 6.07) is 10.2. The van der Waals surface area contributed by atoms with E-state index in [1.807, 2.05) is 36.4 Å². The Morgan fingerprint density at radius 1 is 1.06 bits per heavy atom. The molecular weight excluding hydrogens is 384 g/mol. The van der Waals surface area contributed by atoms with E-state index in [1.54, 1.807) is 0 Å². The Morgan fingerprint density at radius 3 is 2.58 bits per heavy atom. The van der Waals surface area contributed by atoms with E-state index in [1.165, 1.54) is 6.42 Å². The zero-order valence-electron chi connectivity index (χ0n) is 19.1. The van der Waals surface area contributed by atoms with Gasteiger partial charge in [0.2, 0.25) is 11.8 Å². The highest BCUT2D eigenvalue weighted by Crippen LogP contribution is 2.65. The molecule has 3 saturated carbocycles. The van der Waals surface area contributed by atoms with Crippen LogP contribution < -0.4 is 5.32 Å². The number of carbonyl (C=O) groups excluding carboxylic acids is 2. The number of rotatable bonds is 3. The average molecular weight is 421 g/mol. The van der Waals surface area contributed by atoms with Crippen LogP contribution in [0.3, 0.4) is 0 Å². The van der Waals surface area contributed by atoms with Crippen LogP contribution in [0.15, 0.2) is 42.5 Å². The summed E-state index contributed by atoms with van der Waals surface area (Å²) in [5.74, 6) is 2.36. The summed E-state index contributed by atoms with van der Waals surface area (Å²) in [6.07, 6.45) is 10.8. The predicted octanol–water partition coefficient (Wildman–Crippen LogP) is 5.27. The van der Waals surface area contributed by atoms with Gasteiger partial charge in [0.1, 0.15) is 0 Å². The van der Waals surface area contributed by atoms with E-state index in [2.05, 4.69) is 37.1 Å². The highest BCUT2D eigenvalue weighted by Gasteiger charge is 2.61. The third-order valence-electron chi connectivity index (χ3n) is 9.67. The molecule has 166 valence electrons. The molecule has 4 heteroatoms. The van der Waals surface area contributed by atoms with Gasteiger partial charge in [-0.25, -0.2) is 0 Å². The minimum atomic E-state index is 0.0680. The normalized spacial score (nSPS) is 41.3. The molecular formula is C27H36N2O2. The van der Waals surface area contributed by atoms with Gasteiger partial charge < -0.3 is 10.2 Å². The van der Waals surface area contributed by atoms with E-state index in [0.29, 0.717) is 23.8 Å². The molecule has 0 aromatic heterocycles. The van der Waals surface area contributed by atoms with Crippen LogP contribution in [0.25, 0.3) is 0 Å². The first-order valence-electron chi connectivity index (χ1n) is 12.2. The first-order chi connectivity index (χ1) is 14.9. The van der Waals surface area contributed by atoms with Crippen molar-refractivity contribution in [1.82, 2.24) is 4.90 Å². The molecule has 1 aromatic carbocycles. The van der Waals surface area contributed by atoms with Crippen molar-refractivity contribution >= 4 is 17.5 Å². The number of benzene rings is 1. The molecule has 31 heavy (non-hydrogen) atoms. The van der Waals surface area contributed by atoms with Gasteiger partial charge >= 0.3 is 0 Å². The van der Waals surface area contributed by atoms with Crippen molar-refractivity contribution in [3.63, 3.8) is 0 Å². The first-order valence-corrected chi connectivity index (χ1v) is 12.2. The lowest BCUT2D eigenvalue weighted by Gasteiger charge is -2.60. The molecule has 1 heterocycles. The number of carbonyl (C=O) groups is 2. The summed E-state index contributed by atoms with van der Waals surface area (Å²) >= 11 is 0. The lowest BCUT2D eigenvalue weighted by molar-refractivity contribution is -0.143. The van der Waals surface area contributed by atoms with Crippen molar-refractivity contribution in [3.8, 4) is 0 Å². The molecule has 3 aliphatic carbocycles. The molecule has 3 fully saturated rings. The van der Waals surface area contributed by atoms with Gasteiger partial charge in [-0.3, -0.25) is 9.59 Å². The Balaban J connectivity index is 1.38. The molecule has 4 nitrogen and oxygen atoms in total. The second kappa shape index (κ2) is 7.50. The molecule has 0 spiro atoms. The summed E-state index contributed by atoms with van der Waals surface area (Å²) in [6.45, 7) is 7.69. The third kappa shape index (κ3) is 3.08.